The molecule has 0 aromatic heterocycles. The zero-order chi connectivity index (χ0) is 18.9. The monoisotopic (exact) mass is 372 g/mol. The summed E-state index contributed by atoms with van der Waals surface area (Å²) in [6.07, 6.45) is 0. The van der Waals surface area contributed by atoms with Crippen LogP contribution in [0.3, 0.4) is 0 Å². The first-order chi connectivity index (χ1) is 12.5. The van der Waals surface area contributed by atoms with Crippen LogP contribution in [0.4, 0.5) is 5.69 Å². The summed E-state index contributed by atoms with van der Waals surface area (Å²) in [4.78, 5) is 36.3. The number of anilines is 1. The van der Waals surface area contributed by atoms with Crippen molar-refractivity contribution in [2.24, 2.45) is 0 Å². The van der Waals surface area contributed by atoms with Gasteiger partial charge in [-0.2, -0.15) is 0 Å². The van der Waals surface area contributed by atoms with Crippen molar-refractivity contribution in [1.29, 1.82) is 0 Å². The summed E-state index contributed by atoms with van der Waals surface area (Å²) in [6, 6.07) is 14.2. The second-order valence-corrected chi connectivity index (χ2v) is 6.44. The van der Waals surface area contributed by atoms with Crippen LogP contribution in [0.2, 0.25) is 0 Å². The summed E-state index contributed by atoms with van der Waals surface area (Å²) >= 11 is 1.37. The maximum atomic E-state index is 11.9. The Morgan fingerprint density at radius 2 is 1.85 bits per heavy atom. The van der Waals surface area contributed by atoms with Gasteiger partial charge in [0.1, 0.15) is 0 Å². The van der Waals surface area contributed by atoms with Crippen LogP contribution in [0.15, 0.2) is 53.4 Å². The van der Waals surface area contributed by atoms with Gasteiger partial charge in [-0.1, -0.05) is 24.3 Å². The fourth-order valence-electron chi connectivity index (χ4n) is 2.12. The molecule has 2 aromatic carbocycles. The van der Waals surface area contributed by atoms with Gasteiger partial charge in [0.2, 0.25) is 0 Å². The molecule has 0 saturated carbocycles. The molecule has 26 heavy (non-hydrogen) atoms. The second kappa shape index (κ2) is 9.62. The Bertz CT molecular complexity index is 808. The maximum absolute atomic E-state index is 11.9. The molecule has 2 N–H and O–H groups in total. The lowest BCUT2D eigenvalue weighted by Gasteiger charge is -2.08. The highest BCUT2D eigenvalue weighted by molar-refractivity contribution is 8.00. The largest absolute Gasteiger partial charge is 0.455 e. The first-order valence-corrected chi connectivity index (χ1v) is 8.94. The number of hydrogen-bond donors (Lipinski definition) is 2. The Kier molecular flexibility index (Phi) is 7.23. The third-order valence-electron chi connectivity index (χ3n) is 3.44. The van der Waals surface area contributed by atoms with Crippen LogP contribution in [-0.2, 0) is 14.3 Å². The molecule has 0 unspecified atom stereocenters. The van der Waals surface area contributed by atoms with Crippen LogP contribution in [0.5, 0.6) is 0 Å². The van der Waals surface area contributed by atoms with Crippen LogP contribution in [0.1, 0.15) is 15.9 Å². The van der Waals surface area contributed by atoms with E-state index in [1.54, 1.807) is 24.3 Å². The van der Waals surface area contributed by atoms with Crippen molar-refractivity contribution in [1.82, 2.24) is 5.32 Å². The summed E-state index contributed by atoms with van der Waals surface area (Å²) in [7, 11) is 1.53. The predicted octanol–water partition coefficient (Wildman–Crippen LogP) is 2.63. The average Bonchev–Trinajstić information content (AvgIpc) is 2.65. The van der Waals surface area contributed by atoms with Crippen molar-refractivity contribution in [2.75, 3.05) is 24.7 Å². The Morgan fingerprint density at radius 1 is 1.08 bits per heavy atom. The predicted molar refractivity (Wildman–Crippen MR) is 101 cm³/mol. The SMILES string of the molecule is CNC(=O)c1cccc(NC(=O)COC(=O)CSc2ccccc2C)c1. The number of carbonyl (C=O) groups is 3. The Balaban J connectivity index is 1.78. The first kappa shape index (κ1) is 19.5. The molecule has 0 aliphatic rings. The molecular formula is C19H20N2O4S. The van der Waals surface area contributed by atoms with Crippen molar-refractivity contribution in [3.8, 4) is 0 Å². The number of rotatable bonds is 7. The summed E-state index contributed by atoms with van der Waals surface area (Å²) in [6.45, 7) is 1.59. The highest BCUT2D eigenvalue weighted by atomic mass is 32.2. The van der Waals surface area contributed by atoms with E-state index in [-0.39, 0.29) is 18.3 Å². The molecule has 0 aliphatic heterocycles. The van der Waals surface area contributed by atoms with Crippen LogP contribution in [-0.4, -0.2) is 37.2 Å². The summed E-state index contributed by atoms with van der Waals surface area (Å²) < 4.78 is 4.99. The molecule has 0 fully saturated rings. The molecule has 6 nitrogen and oxygen atoms in total. The lowest BCUT2D eigenvalue weighted by atomic mass is 10.2. The van der Waals surface area contributed by atoms with Crippen LogP contribution in [0.25, 0.3) is 0 Å². The molecule has 136 valence electrons. The van der Waals surface area contributed by atoms with E-state index in [2.05, 4.69) is 10.6 Å². The van der Waals surface area contributed by atoms with Crippen molar-refractivity contribution >= 4 is 35.2 Å². The van der Waals surface area contributed by atoms with Crippen molar-refractivity contribution in [2.45, 2.75) is 11.8 Å². The van der Waals surface area contributed by atoms with E-state index in [1.165, 1.54) is 18.8 Å². The zero-order valence-corrected chi connectivity index (χ0v) is 15.4. The number of esters is 1. The van der Waals surface area contributed by atoms with Gasteiger partial charge in [0.15, 0.2) is 6.61 Å². The molecular weight excluding hydrogens is 352 g/mol. The minimum absolute atomic E-state index is 0.129. The average molecular weight is 372 g/mol. The minimum Gasteiger partial charge on any atom is -0.455 e. The molecule has 0 spiro atoms. The first-order valence-electron chi connectivity index (χ1n) is 7.95. The standard InChI is InChI=1S/C19H20N2O4S/c1-13-6-3-4-9-16(13)26-12-18(23)25-11-17(22)21-15-8-5-7-14(10-15)19(24)20-2/h3-10H,11-12H2,1-2H3,(H,20,24)(H,21,22). The van der Waals surface area contributed by atoms with Gasteiger partial charge in [0, 0.05) is 23.2 Å². The minimum atomic E-state index is -0.465. The summed E-state index contributed by atoms with van der Waals surface area (Å²) in [5.74, 6) is -1.05. The van der Waals surface area contributed by atoms with E-state index in [4.69, 9.17) is 4.74 Å². The van der Waals surface area contributed by atoms with Crippen LogP contribution < -0.4 is 10.6 Å². The number of nitrogens with one attached hydrogen (secondary N) is 2. The number of aryl methyl sites for hydroxylation is 1. The molecule has 0 atom stereocenters. The number of carbonyl (C=O) groups excluding carboxylic acids is 3. The fourth-order valence-corrected chi connectivity index (χ4v) is 2.95. The topological polar surface area (TPSA) is 84.5 Å². The van der Waals surface area contributed by atoms with Crippen LogP contribution in [0, 0.1) is 6.92 Å². The van der Waals surface area contributed by atoms with Gasteiger partial charge < -0.3 is 15.4 Å². The summed E-state index contributed by atoms with van der Waals surface area (Å²) in [5, 5.41) is 5.11. The number of benzene rings is 2. The quantitative estimate of drug-likeness (QED) is 0.577. The highest BCUT2D eigenvalue weighted by Crippen LogP contribution is 2.21. The van der Waals surface area contributed by atoms with E-state index >= 15 is 0 Å². The van der Waals surface area contributed by atoms with E-state index in [0.717, 1.165) is 10.5 Å². The van der Waals surface area contributed by atoms with Gasteiger partial charge in [0.25, 0.3) is 11.8 Å². The summed E-state index contributed by atoms with van der Waals surface area (Å²) in [5.41, 5.74) is 1.97. The molecule has 0 heterocycles. The Hall–Kier alpha value is -2.80. The van der Waals surface area contributed by atoms with E-state index in [9.17, 15) is 14.4 Å². The van der Waals surface area contributed by atoms with E-state index in [0.29, 0.717) is 11.3 Å². The Labute approximate surface area is 156 Å². The Morgan fingerprint density at radius 3 is 2.58 bits per heavy atom. The molecule has 0 radical (unpaired) electrons. The molecule has 0 aliphatic carbocycles. The van der Waals surface area contributed by atoms with Gasteiger partial charge >= 0.3 is 5.97 Å². The smallest absolute Gasteiger partial charge is 0.316 e. The van der Waals surface area contributed by atoms with Gasteiger partial charge in [-0.3, -0.25) is 14.4 Å². The second-order valence-electron chi connectivity index (χ2n) is 5.42. The van der Waals surface area contributed by atoms with Gasteiger partial charge in [-0.15, -0.1) is 11.8 Å². The third-order valence-corrected chi connectivity index (χ3v) is 4.59. The van der Waals surface area contributed by atoms with E-state index in [1.807, 2.05) is 31.2 Å². The lowest BCUT2D eigenvalue weighted by Crippen LogP contribution is -2.22. The molecule has 2 aromatic rings. The molecule has 0 saturated heterocycles. The van der Waals surface area contributed by atoms with Crippen molar-refractivity contribution < 1.29 is 19.1 Å². The van der Waals surface area contributed by atoms with Gasteiger partial charge in [-0.25, -0.2) is 0 Å². The number of ether oxygens (including phenoxy) is 1. The van der Waals surface area contributed by atoms with Crippen molar-refractivity contribution in [3.05, 3.63) is 59.7 Å². The molecule has 2 amide bonds. The van der Waals surface area contributed by atoms with Gasteiger partial charge in [0.05, 0.1) is 5.75 Å². The fraction of sp³-hybridized carbons (Fsp3) is 0.211. The molecule has 2 rings (SSSR count). The molecule has 7 heteroatoms. The van der Waals surface area contributed by atoms with Crippen LogP contribution >= 0.6 is 11.8 Å². The van der Waals surface area contributed by atoms with E-state index < -0.39 is 11.9 Å². The number of hydrogen-bond acceptors (Lipinski definition) is 5. The van der Waals surface area contributed by atoms with Gasteiger partial charge in [-0.05, 0) is 36.8 Å². The maximum Gasteiger partial charge on any atom is 0.316 e. The number of thioether (sulfide) groups is 1. The lowest BCUT2D eigenvalue weighted by molar-refractivity contribution is -0.144. The zero-order valence-electron chi connectivity index (χ0n) is 14.6. The number of amides is 2. The highest BCUT2D eigenvalue weighted by Gasteiger charge is 2.10. The third kappa shape index (κ3) is 5.93. The molecule has 0 bridgehead atoms. The normalized spacial score (nSPS) is 10.1. The van der Waals surface area contributed by atoms with Crippen molar-refractivity contribution in [3.63, 3.8) is 0 Å².